The molecule has 0 aliphatic rings. The van der Waals surface area contributed by atoms with Crippen LogP contribution in [-0.4, -0.2) is 22.6 Å². The molecule has 0 aliphatic heterocycles. The molecular formula is C36H33FO4. The molecule has 0 saturated heterocycles. The van der Waals surface area contributed by atoms with Gasteiger partial charge in [0.2, 0.25) is 0 Å². The van der Waals surface area contributed by atoms with Gasteiger partial charge in [0.05, 0.1) is 5.92 Å². The summed E-state index contributed by atoms with van der Waals surface area (Å²) < 4.78 is 13.0. The highest BCUT2D eigenvalue weighted by atomic mass is 19.1. The van der Waals surface area contributed by atoms with Crippen LogP contribution in [0.2, 0.25) is 0 Å². The molecule has 4 rings (SSSR count). The minimum Gasteiger partial charge on any atom is -0.481 e. The van der Waals surface area contributed by atoms with Crippen molar-refractivity contribution in [3.63, 3.8) is 0 Å². The van der Waals surface area contributed by atoms with Gasteiger partial charge in [-0.05, 0) is 71.7 Å². The lowest BCUT2D eigenvalue weighted by molar-refractivity contribution is -0.141. The van der Waals surface area contributed by atoms with Crippen molar-refractivity contribution >= 4 is 17.5 Å². The number of allylic oxidation sites excluding steroid dienone is 2. The quantitative estimate of drug-likeness (QED) is 0.129. The van der Waals surface area contributed by atoms with Gasteiger partial charge >= 0.3 is 5.97 Å². The second-order valence-corrected chi connectivity index (χ2v) is 10.2. The van der Waals surface area contributed by atoms with Crippen molar-refractivity contribution in [1.82, 2.24) is 0 Å². The predicted molar refractivity (Wildman–Crippen MR) is 159 cm³/mol. The molecular weight excluding hydrogens is 515 g/mol. The van der Waals surface area contributed by atoms with E-state index in [1.54, 1.807) is 30.3 Å². The fourth-order valence-corrected chi connectivity index (χ4v) is 4.70. The van der Waals surface area contributed by atoms with Crippen molar-refractivity contribution in [1.29, 1.82) is 0 Å². The number of carbonyl (C=O) groups is 3. The minimum atomic E-state index is -0.972. The lowest BCUT2D eigenvalue weighted by Crippen LogP contribution is -2.20. The van der Waals surface area contributed by atoms with Crippen molar-refractivity contribution in [2.75, 3.05) is 0 Å². The molecule has 4 aromatic rings. The van der Waals surface area contributed by atoms with Crippen LogP contribution in [-0.2, 0) is 28.9 Å². The molecule has 208 valence electrons. The normalized spacial score (nSPS) is 11.8. The van der Waals surface area contributed by atoms with E-state index in [0.29, 0.717) is 24.8 Å². The summed E-state index contributed by atoms with van der Waals surface area (Å²) in [6, 6.07) is 31.0. The summed E-state index contributed by atoms with van der Waals surface area (Å²) >= 11 is 0. The molecule has 0 bridgehead atoms. The Morgan fingerprint density at radius 1 is 0.732 bits per heavy atom. The first kappa shape index (κ1) is 29.3. The van der Waals surface area contributed by atoms with Crippen LogP contribution in [0.5, 0.6) is 0 Å². The number of ketones is 2. The monoisotopic (exact) mass is 548 g/mol. The number of Topliss-reactive ketones (excluding diaryl/α,β-unsaturated/α-hetero) is 1. The van der Waals surface area contributed by atoms with Crippen LogP contribution >= 0.6 is 0 Å². The zero-order valence-electron chi connectivity index (χ0n) is 22.8. The Bertz CT molecular complexity index is 1470. The minimum absolute atomic E-state index is 0.0530. The van der Waals surface area contributed by atoms with Gasteiger partial charge in [0.1, 0.15) is 5.82 Å². The molecule has 0 saturated carbocycles. The number of carboxylic acids is 1. The van der Waals surface area contributed by atoms with Gasteiger partial charge in [0.25, 0.3) is 0 Å². The van der Waals surface area contributed by atoms with Crippen LogP contribution in [0.25, 0.3) is 11.1 Å². The van der Waals surface area contributed by atoms with Crippen molar-refractivity contribution in [3.05, 3.63) is 143 Å². The summed E-state index contributed by atoms with van der Waals surface area (Å²) in [5.41, 5.74) is 5.45. The number of carboxylic acid groups (broad SMARTS) is 1. The van der Waals surface area contributed by atoms with Crippen molar-refractivity contribution in [3.8, 4) is 11.1 Å². The Kier molecular flexibility index (Phi) is 10.5. The number of benzene rings is 4. The average molecular weight is 549 g/mol. The number of hydrogen-bond acceptors (Lipinski definition) is 3. The molecule has 0 aromatic heterocycles. The van der Waals surface area contributed by atoms with E-state index in [4.69, 9.17) is 0 Å². The molecule has 1 N–H and O–H groups in total. The molecule has 41 heavy (non-hydrogen) atoms. The number of carbonyl (C=O) groups excluding carboxylic acids is 2. The summed E-state index contributed by atoms with van der Waals surface area (Å²) in [5, 5.41) is 9.62. The Balaban J connectivity index is 1.25. The Morgan fingerprint density at radius 3 is 1.98 bits per heavy atom. The van der Waals surface area contributed by atoms with E-state index < -0.39 is 11.9 Å². The second-order valence-electron chi connectivity index (χ2n) is 10.2. The van der Waals surface area contributed by atoms with Gasteiger partial charge in [-0.15, -0.1) is 0 Å². The molecule has 1 atom stereocenters. The SMILES string of the molecule is O=C(/C=C/Cc1ccc(-c2ccc(C(=O)CC(Cc3ccccc3)C(=O)O)cc2)cc1)CCCc1ccc(F)cc1. The summed E-state index contributed by atoms with van der Waals surface area (Å²) in [7, 11) is 0. The molecule has 0 heterocycles. The smallest absolute Gasteiger partial charge is 0.307 e. The first-order valence-electron chi connectivity index (χ1n) is 13.8. The standard InChI is InChI=1S/C36H33FO4/c37-33-22-14-27(15-23-33)9-5-11-34(38)10-4-8-26-12-16-29(17-13-26)30-18-20-31(21-19-30)35(39)25-32(36(40)41)24-28-6-2-1-3-7-28/h1-4,6-7,10,12-23,32H,5,8-9,11,24-25H2,(H,40,41)/b10-4+. The maximum Gasteiger partial charge on any atom is 0.307 e. The third kappa shape index (κ3) is 9.21. The lowest BCUT2D eigenvalue weighted by atomic mass is 9.91. The van der Waals surface area contributed by atoms with Crippen molar-refractivity contribution in [2.45, 2.75) is 38.5 Å². The zero-order chi connectivity index (χ0) is 29.0. The Hall–Kier alpha value is -4.64. The van der Waals surface area contributed by atoms with Crippen LogP contribution in [0.3, 0.4) is 0 Å². The highest BCUT2D eigenvalue weighted by Crippen LogP contribution is 2.23. The van der Waals surface area contributed by atoms with E-state index in [1.807, 2.05) is 72.8 Å². The zero-order valence-corrected chi connectivity index (χ0v) is 22.8. The largest absolute Gasteiger partial charge is 0.481 e. The van der Waals surface area contributed by atoms with E-state index in [-0.39, 0.29) is 23.8 Å². The molecule has 1 unspecified atom stereocenters. The van der Waals surface area contributed by atoms with E-state index in [9.17, 15) is 23.9 Å². The molecule has 4 nitrogen and oxygen atoms in total. The maximum absolute atomic E-state index is 13.0. The predicted octanol–water partition coefficient (Wildman–Crippen LogP) is 7.70. The molecule has 5 heteroatoms. The van der Waals surface area contributed by atoms with Crippen LogP contribution in [0.1, 0.15) is 46.3 Å². The highest BCUT2D eigenvalue weighted by Gasteiger charge is 2.22. The van der Waals surface area contributed by atoms with E-state index >= 15 is 0 Å². The van der Waals surface area contributed by atoms with E-state index in [0.717, 1.165) is 40.7 Å². The Labute approximate surface area is 240 Å². The first-order valence-corrected chi connectivity index (χ1v) is 13.8. The molecule has 4 aromatic carbocycles. The summed E-state index contributed by atoms with van der Waals surface area (Å²) in [5.74, 6) is -2.11. The third-order valence-corrected chi connectivity index (χ3v) is 7.06. The van der Waals surface area contributed by atoms with Crippen molar-refractivity contribution < 1.29 is 23.9 Å². The molecule has 0 aliphatic carbocycles. The van der Waals surface area contributed by atoms with Gasteiger partial charge in [0.15, 0.2) is 11.6 Å². The highest BCUT2D eigenvalue weighted by molar-refractivity contribution is 5.98. The summed E-state index contributed by atoms with van der Waals surface area (Å²) in [4.78, 5) is 36.7. The van der Waals surface area contributed by atoms with Gasteiger partial charge in [-0.2, -0.15) is 0 Å². The fourth-order valence-electron chi connectivity index (χ4n) is 4.70. The van der Waals surface area contributed by atoms with Crippen LogP contribution < -0.4 is 0 Å². The van der Waals surface area contributed by atoms with Gasteiger partial charge in [-0.3, -0.25) is 14.4 Å². The van der Waals surface area contributed by atoms with Gasteiger partial charge in [0, 0.05) is 18.4 Å². The van der Waals surface area contributed by atoms with Gasteiger partial charge in [-0.25, -0.2) is 4.39 Å². The number of rotatable bonds is 14. The van der Waals surface area contributed by atoms with E-state index in [2.05, 4.69) is 0 Å². The van der Waals surface area contributed by atoms with Crippen LogP contribution in [0.15, 0.2) is 115 Å². The second kappa shape index (κ2) is 14.7. The fraction of sp³-hybridized carbons (Fsp3) is 0.194. The molecule has 0 spiro atoms. The third-order valence-electron chi connectivity index (χ3n) is 7.06. The number of halogens is 1. The average Bonchev–Trinajstić information content (AvgIpc) is 2.99. The topological polar surface area (TPSA) is 71.4 Å². The summed E-state index contributed by atoms with van der Waals surface area (Å²) in [6.45, 7) is 0. The van der Waals surface area contributed by atoms with Gasteiger partial charge < -0.3 is 5.11 Å². The first-order chi connectivity index (χ1) is 19.9. The lowest BCUT2D eigenvalue weighted by Gasteiger charge is -2.12. The summed E-state index contributed by atoms with van der Waals surface area (Å²) in [6.07, 6.45) is 6.33. The molecule has 0 fully saturated rings. The van der Waals surface area contributed by atoms with Crippen LogP contribution in [0, 0.1) is 11.7 Å². The van der Waals surface area contributed by atoms with Crippen molar-refractivity contribution in [2.24, 2.45) is 5.92 Å². The maximum atomic E-state index is 13.0. The number of aliphatic carboxylic acids is 1. The van der Waals surface area contributed by atoms with Gasteiger partial charge in [-0.1, -0.05) is 97.1 Å². The van der Waals surface area contributed by atoms with Crippen LogP contribution in [0.4, 0.5) is 4.39 Å². The Morgan fingerprint density at radius 2 is 1.34 bits per heavy atom. The number of hydrogen-bond donors (Lipinski definition) is 1. The molecule has 0 amide bonds. The molecule has 0 radical (unpaired) electrons. The number of aryl methyl sites for hydroxylation is 1. The van der Waals surface area contributed by atoms with E-state index in [1.165, 1.54) is 12.1 Å².